The summed E-state index contributed by atoms with van der Waals surface area (Å²) in [4.78, 5) is 16.6. The zero-order chi connectivity index (χ0) is 20.8. The Hall–Kier alpha value is -3.00. The van der Waals surface area contributed by atoms with Crippen LogP contribution in [0, 0.1) is 13.8 Å². The van der Waals surface area contributed by atoms with Gasteiger partial charge >= 0.3 is 0 Å². The van der Waals surface area contributed by atoms with E-state index in [4.69, 9.17) is 14.0 Å². The average Bonchev–Trinajstić information content (AvgIpc) is 3.19. The Balaban J connectivity index is 1.55. The van der Waals surface area contributed by atoms with Gasteiger partial charge in [-0.3, -0.25) is 4.79 Å². The van der Waals surface area contributed by atoms with E-state index in [0.717, 1.165) is 22.4 Å². The van der Waals surface area contributed by atoms with Gasteiger partial charge in [0.25, 0.3) is 0 Å². The number of nitrogens with zero attached hydrogens (tertiary/aromatic N) is 2. The third-order valence-electron chi connectivity index (χ3n) is 4.45. The second kappa shape index (κ2) is 9.47. The Labute approximate surface area is 173 Å². The molecule has 0 saturated carbocycles. The van der Waals surface area contributed by atoms with Gasteiger partial charge in [-0.15, -0.1) is 11.8 Å². The summed E-state index contributed by atoms with van der Waals surface area (Å²) >= 11 is 1.41. The third-order valence-corrected chi connectivity index (χ3v) is 5.36. The van der Waals surface area contributed by atoms with Crippen molar-refractivity contribution in [2.45, 2.75) is 19.6 Å². The zero-order valence-corrected chi connectivity index (χ0v) is 17.6. The van der Waals surface area contributed by atoms with Crippen molar-refractivity contribution in [2.24, 2.45) is 0 Å². The molecule has 1 heterocycles. The van der Waals surface area contributed by atoms with Crippen LogP contribution in [0.25, 0.3) is 11.4 Å². The molecule has 1 amide bonds. The first kappa shape index (κ1) is 20.7. The molecule has 0 unspecified atom stereocenters. The van der Waals surface area contributed by atoms with Crippen LogP contribution in [0.1, 0.15) is 17.0 Å². The largest absolute Gasteiger partial charge is 0.493 e. The van der Waals surface area contributed by atoms with Crippen LogP contribution < -0.4 is 14.8 Å². The van der Waals surface area contributed by atoms with E-state index in [-0.39, 0.29) is 5.91 Å². The lowest BCUT2D eigenvalue weighted by Crippen LogP contribution is -2.15. The molecule has 8 heteroatoms. The molecule has 7 nitrogen and oxygen atoms in total. The monoisotopic (exact) mass is 413 g/mol. The van der Waals surface area contributed by atoms with E-state index < -0.39 is 0 Å². The molecule has 0 atom stereocenters. The summed E-state index contributed by atoms with van der Waals surface area (Å²) in [6.45, 7) is 4.01. The van der Waals surface area contributed by atoms with Crippen LogP contribution in [0.3, 0.4) is 0 Å². The summed E-state index contributed by atoms with van der Waals surface area (Å²) in [7, 11) is 3.15. The summed E-state index contributed by atoms with van der Waals surface area (Å²) in [5.74, 6) is 2.81. The highest BCUT2D eigenvalue weighted by Gasteiger charge is 2.13. The number of methoxy groups -OCH3 is 2. The number of hydrogen-bond acceptors (Lipinski definition) is 7. The Morgan fingerprint density at radius 1 is 1.14 bits per heavy atom. The van der Waals surface area contributed by atoms with Crippen molar-refractivity contribution >= 4 is 23.4 Å². The molecule has 152 valence electrons. The zero-order valence-electron chi connectivity index (χ0n) is 16.8. The minimum Gasteiger partial charge on any atom is -0.493 e. The van der Waals surface area contributed by atoms with Gasteiger partial charge < -0.3 is 19.3 Å². The fraction of sp³-hybridized carbons (Fsp3) is 0.286. The first-order valence-electron chi connectivity index (χ1n) is 9.00. The maximum Gasteiger partial charge on any atom is 0.236 e. The number of hydrogen-bond donors (Lipinski definition) is 1. The second-order valence-corrected chi connectivity index (χ2v) is 7.36. The maximum absolute atomic E-state index is 12.2. The van der Waals surface area contributed by atoms with Crippen LogP contribution in [-0.2, 0) is 10.5 Å². The van der Waals surface area contributed by atoms with Crippen LogP contribution in [-0.4, -0.2) is 36.0 Å². The van der Waals surface area contributed by atoms with Crippen LogP contribution in [0.5, 0.6) is 11.5 Å². The molecule has 0 fully saturated rings. The SMILES string of the molecule is COc1ccc(-c2noc(CSCC(=O)Nc3cccc(C)c3C)n2)cc1OC. The standard InChI is InChI=1S/C21H23N3O4S/c1-13-6-5-7-16(14(13)2)22-19(25)11-29-12-20-23-21(24-28-20)15-8-9-17(26-3)18(10-15)27-4/h5-10H,11-12H2,1-4H3,(H,22,25). The van der Waals surface area contributed by atoms with Gasteiger partial charge in [-0.1, -0.05) is 17.3 Å². The van der Waals surface area contributed by atoms with Crippen LogP contribution >= 0.6 is 11.8 Å². The molecule has 0 spiro atoms. The number of carbonyl (C=O) groups excluding carboxylic acids is 1. The summed E-state index contributed by atoms with van der Waals surface area (Å²) in [5, 5.41) is 6.95. The summed E-state index contributed by atoms with van der Waals surface area (Å²) in [6, 6.07) is 11.3. The molecule has 3 rings (SSSR count). The van der Waals surface area contributed by atoms with E-state index in [0.29, 0.717) is 34.7 Å². The van der Waals surface area contributed by atoms with E-state index in [1.54, 1.807) is 26.4 Å². The number of rotatable bonds is 8. The van der Waals surface area contributed by atoms with Crippen molar-refractivity contribution in [1.82, 2.24) is 10.1 Å². The highest BCUT2D eigenvalue weighted by Crippen LogP contribution is 2.31. The van der Waals surface area contributed by atoms with Gasteiger partial charge in [-0.2, -0.15) is 4.98 Å². The number of ether oxygens (including phenoxy) is 2. The molecule has 29 heavy (non-hydrogen) atoms. The molecular formula is C21H23N3O4S. The number of aromatic nitrogens is 2. The smallest absolute Gasteiger partial charge is 0.236 e. The van der Waals surface area contributed by atoms with Crippen molar-refractivity contribution in [3.8, 4) is 22.9 Å². The van der Waals surface area contributed by atoms with Gasteiger partial charge in [0.1, 0.15) is 0 Å². The predicted molar refractivity (Wildman–Crippen MR) is 114 cm³/mol. The molecule has 2 aromatic carbocycles. The molecular weight excluding hydrogens is 390 g/mol. The van der Waals surface area contributed by atoms with Crippen LogP contribution in [0.15, 0.2) is 40.9 Å². The Morgan fingerprint density at radius 3 is 2.69 bits per heavy atom. The first-order valence-corrected chi connectivity index (χ1v) is 10.2. The fourth-order valence-corrected chi connectivity index (χ4v) is 3.36. The van der Waals surface area contributed by atoms with Crippen molar-refractivity contribution in [2.75, 3.05) is 25.3 Å². The second-order valence-electron chi connectivity index (χ2n) is 6.37. The predicted octanol–water partition coefficient (Wildman–Crippen LogP) is 4.24. The minimum absolute atomic E-state index is 0.0664. The van der Waals surface area contributed by atoms with Crippen molar-refractivity contribution in [1.29, 1.82) is 0 Å². The molecule has 0 aliphatic carbocycles. The lowest BCUT2D eigenvalue weighted by atomic mass is 10.1. The van der Waals surface area contributed by atoms with E-state index in [9.17, 15) is 4.79 Å². The quantitative estimate of drug-likeness (QED) is 0.591. The van der Waals surface area contributed by atoms with Gasteiger partial charge in [0.05, 0.1) is 25.7 Å². The molecule has 0 aliphatic rings. The molecule has 3 aromatic rings. The lowest BCUT2D eigenvalue weighted by molar-refractivity contribution is -0.113. The summed E-state index contributed by atoms with van der Waals surface area (Å²) in [5.41, 5.74) is 3.81. The summed E-state index contributed by atoms with van der Waals surface area (Å²) in [6.07, 6.45) is 0. The molecule has 0 aliphatic heterocycles. The van der Waals surface area contributed by atoms with Gasteiger partial charge in [-0.05, 0) is 49.2 Å². The number of nitrogens with one attached hydrogen (secondary N) is 1. The van der Waals surface area contributed by atoms with E-state index in [2.05, 4.69) is 15.5 Å². The maximum atomic E-state index is 12.2. The van der Waals surface area contributed by atoms with Gasteiger partial charge in [-0.25, -0.2) is 0 Å². The van der Waals surface area contributed by atoms with Gasteiger partial charge in [0.15, 0.2) is 11.5 Å². The number of amides is 1. The van der Waals surface area contributed by atoms with Crippen LogP contribution in [0.4, 0.5) is 5.69 Å². The molecule has 1 N–H and O–H groups in total. The fourth-order valence-electron chi connectivity index (χ4n) is 2.71. The molecule has 0 bridgehead atoms. The highest BCUT2D eigenvalue weighted by atomic mass is 32.2. The topological polar surface area (TPSA) is 86.5 Å². The third kappa shape index (κ3) is 5.08. The van der Waals surface area contributed by atoms with Crippen molar-refractivity contribution in [3.63, 3.8) is 0 Å². The molecule has 0 saturated heterocycles. The summed E-state index contributed by atoms with van der Waals surface area (Å²) < 4.78 is 15.8. The highest BCUT2D eigenvalue weighted by molar-refractivity contribution is 7.99. The van der Waals surface area contributed by atoms with E-state index >= 15 is 0 Å². The Morgan fingerprint density at radius 2 is 1.93 bits per heavy atom. The van der Waals surface area contributed by atoms with Gasteiger partial charge in [0.2, 0.25) is 17.6 Å². The Kier molecular flexibility index (Phi) is 6.77. The number of anilines is 1. The number of carbonyl (C=O) groups is 1. The Bertz CT molecular complexity index is 1000. The van der Waals surface area contributed by atoms with Crippen molar-refractivity contribution < 1.29 is 18.8 Å². The van der Waals surface area contributed by atoms with Crippen LogP contribution in [0.2, 0.25) is 0 Å². The van der Waals surface area contributed by atoms with E-state index in [1.807, 2.05) is 38.1 Å². The number of aryl methyl sites for hydroxylation is 1. The van der Waals surface area contributed by atoms with E-state index in [1.165, 1.54) is 11.8 Å². The minimum atomic E-state index is -0.0664. The average molecular weight is 413 g/mol. The molecule has 0 radical (unpaired) electrons. The number of benzene rings is 2. The number of thioether (sulfide) groups is 1. The molecule has 1 aromatic heterocycles. The normalized spacial score (nSPS) is 10.6. The van der Waals surface area contributed by atoms with Crippen molar-refractivity contribution in [3.05, 3.63) is 53.4 Å². The first-order chi connectivity index (χ1) is 14.0. The van der Waals surface area contributed by atoms with Gasteiger partial charge in [0, 0.05) is 11.3 Å². The lowest BCUT2D eigenvalue weighted by Gasteiger charge is -2.09.